The Bertz CT molecular complexity index is 10100. The summed E-state index contributed by atoms with van der Waals surface area (Å²) in [5.74, 6) is 0.681. The van der Waals surface area contributed by atoms with Crippen molar-refractivity contribution >= 4 is 195 Å². The molecule has 0 N–H and O–H groups in total. The van der Waals surface area contributed by atoms with Crippen molar-refractivity contribution in [3.63, 3.8) is 0 Å². The third-order valence-corrected chi connectivity index (χ3v) is 27.7. The maximum absolute atomic E-state index is 4.96. The van der Waals surface area contributed by atoms with E-state index in [0.29, 0.717) is 5.82 Å². The minimum Gasteiger partial charge on any atom is -0.334 e. The summed E-state index contributed by atoms with van der Waals surface area (Å²) in [5, 5.41) is 37.6. The Morgan fingerprint density at radius 2 is 0.486 bits per heavy atom. The summed E-state index contributed by atoms with van der Waals surface area (Å²) in [6, 6.07) is 156. The first kappa shape index (κ1) is 80.4. The summed E-state index contributed by atoms with van der Waals surface area (Å²) in [6.45, 7) is 0. The van der Waals surface area contributed by atoms with Crippen LogP contribution in [0.3, 0.4) is 0 Å². The van der Waals surface area contributed by atoms with Gasteiger partial charge in [-0.2, -0.15) is 0 Å². The summed E-state index contributed by atoms with van der Waals surface area (Å²) in [5.41, 5.74) is 20.3. The van der Waals surface area contributed by atoms with Crippen molar-refractivity contribution in [1.82, 2.24) is 44.4 Å². The highest BCUT2D eigenvalue weighted by molar-refractivity contribution is 6.22. The van der Waals surface area contributed by atoms with E-state index in [1.807, 2.05) is 74.7 Å². The molecular weight excluding hydrogens is 1680 g/mol. The molecule has 0 atom stereocenters. The van der Waals surface area contributed by atoms with Crippen LogP contribution in [0.25, 0.3) is 273 Å². The molecule has 7 aromatic heterocycles. The number of rotatable bonds is 7. The lowest BCUT2D eigenvalue weighted by Gasteiger charge is -2.11. The number of hydrogen-bond donors (Lipinski definition) is 0. The Hall–Kier alpha value is -18.4. The molecule has 138 heavy (non-hydrogen) atoms. The van der Waals surface area contributed by atoms with Gasteiger partial charge in [-0.15, -0.1) is 0 Å². The van der Waals surface area contributed by atoms with Gasteiger partial charge in [0.1, 0.15) is 0 Å². The van der Waals surface area contributed by atoms with E-state index in [1.165, 1.54) is 173 Å². The van der Waals surface area contributed by atoms with Crippen molar-refractivity contribution in [2.75, 3.05) is 0 Å². The SMILES string of the molecule is Cn1cnc2ccc(-c3ccc4c(ccc5c6ccccc6ccc45)c3)cc21.c1ccc2c(c1)ccc1c3ccc(-c4nccc(-c5ccc6ccc7cccnc7c6n5)n4)cc3ccc21.c1cnc2cc(-c3ccc4ccc(-c5ccc6c(ccc7c8ccccc8ccc67)c5)cc4c3)ccc2c1.c1cnc2cc(-c3ccnc(-c4ccc5c(ccc6c7ccccc7ccc56)c4)c3)ccc2c1. The van der Waals surface area contributed by atoms with Crippen molar-refractivity contribution in [3.05, 3.63) is 474 Å². The van der Waals surface area contributed by atoms with Crippen molar-refractivity contribution in [1.29, 1.82) is 0 Å². The van der Waals surface area contributed by atoms with Crippen LogP contribution in [0.1, 0.15) is 0 Å². The van der Waals surface area contributed by atoms with E-state index in [-0.39, 0.29) is 0 Å². The van der Waals surface area contributed by atoms with E-state index < -0.39 is 0 Å². The number of fused-ring (bicyclic) bond motifs is 27. The van der Waals surface area contributed by atoms with Crippen LogP contribution in [0.15, 0.2) is 474 Å². The Morgan fingerprint density at radius 3 is 0.986 bits per heavy atom. The van der Waals surface area contributed by atoms with E-state index in [2.05, 4.69) is 436 Å². The van der Waals surface area contributed by atoms with E-state index >= 15 is 0 Å². The first-order valence-corrected chi connectivity index (χ1v) is 46.7. The highest BCUT2D eigenvalue weighted by Crippen LogP contribution is 2.42. The zero-order valence-electron chi connectivity index (χ0n) is 75.1. The minimum atomic E-state index is 0.681. The lowest BCUT2D eigenvalue weighted by molar-refractivity contribution is 0.948. The second-order valence-corrected chi connectivity index (χ2v) is 35.8. The number of hydrogen-bond acceptors (Lipinski definition) is 8. The lowest BCUT2D eigenvalue weighted by Crippen LogP contribution is -1.94. The van der Waals surface area contributed by atoms with Crippen LogP contribution >= 0.6 is 0 Å². The molecule has 0 saturated heterocycles. The summed E-state index contributed by atoms with van der Waals surface area (Å²) in [6.07, 6.45) is 11.1. The monoisotopic (exact) mass is 1760 g/mol. The standard InChI is InChI=1S/C37H23N.C34H20N4.C32H20N2.C26H18N2/c1-2-6-33-25(4-1)13-17-36-34-16-14-29(20-31(34)15-18-35(33)36)27-10-7-24-8-11-28(22-32(24)21-27)30-12-9-26-5-3-19-38-37(26)23-30;1-2-6-26-21(4-1)9-14-29-27-13-11-25(20-24(27)10-15-28(26)29)34-36-19-17-31(38-34)30-16-12-23-8-7-22-5-3-18-35-32(22)33(23)37-30;1-2-6-27-21(4-1)9-13-30-28-12-11-26(18-25(28)10-14-29(27)30)32-20-24(15-17-34-32)23-8-7-22-5-3-16-33-31(22)19-23;1-28-16-27-25-13-9-19(15-26(25)28)18-7-10-22-20(14-18)8-12-23-21-5-3-2-4-17(21)6-11-24(22)23/h1-23H;1-20H;1-20H;2-16H,1H3. The van der Waals surface area contributed by atoms with Gasteiger partial charge in [-0.25, -0.2) is 19.9 Å². The second-order valence-electron chi connectivity index (χ2n) is 35.8. The molecule has 22 aromatic carbocycles. The molecule has 0 fully saturated rings. The Labute approximate surface area is 793 Å². The number of aryl methyl sites for hydroxylation is 1. The van der Waals surface area contributed by atoms with Crippen molar-refractivity contribution in [3.8, 4) is 78.5 Å². The topological polar surface area (TPSA) is 108 Å². The van der Waals surface area contributed by atoms with Crippen LogP contribution in [-0.2, 0) is 7.05 Å². The van der Waals surface area contributed by atoms with Crippen LogP contribution in [0.5, 0.6) is 0 Å². The van der Waals surface area contributed by atoms with Gasteiger partial charge in [0.05, 0.1) is 56.5 Å². The van der Waals surface area contributed by atoms with E-state index in [1.54, 1.807) is 0 Å². The Kier molecular flexibility index (Phi) is 19.6. The highest BCUT2D eigenvalue weighted by Gasteiger charge is 2.18. The summed E-state index contributed by atoms with van der Waals surface area (Å²) in [7, 11) is 2.04. The molecule has 0 saturated carbocycles. The number of nitrogens with zero attached hydrogens (tertiary/aromatic N) is 9. The fraction of sp³-hybridized carbons (Fsp3) is 0.00775. The average molecular weight is 1760 g/mol. The third kappa shape index (κ3) is 14.6. The molecule has 642 valence electrons. The lowest BCUT2D eigenvalue weighted by atomic mass is 9.93. The maximum atomic E-state index is 4.96. The van der Waals surface area contributed by atoms with Crippen molar-refractivity contribution < 1.29 is 0 Å². The molecule has 0 unspecified atom stereocenters. The summed E-state index contributed by atoms with van der Waals surface area (Å²) in [4.78, 5) is 37.2. The predicted molar refractivity (Wildman–Crippen MR) is 580 cm³/mol. The molecule has 7 heterocycles. The van der Waals surface area contributed by atoms with Gasteiger partial charge in [-0.3, -0.25) is 19.9 Å². The zero-order valence-corrected chi connectivity index (χ0v) is 75.1. The molecular formula is C129H81N9. The van der Waals surface area contributed by atoms with Crippen molar-refractivity contribution in [2.24, 2.45) is 7.05 Å². The largest absolute Gasteiger partial charge is 0.334 e. The van der Waals surface area contributed by atoms with Gasteiger partial charge < -0.3 is 4.57 Å². The molecule has 0 radical (unpaired) electrons. The molecule has 0 aliphatic carbocycles. The highest BCUT2D eigenvalue weighted by atomic mass is 15.0. The van der Waals surface area contributed by atoms with Gasteiger partial charge >= 0.3 is 0 Å². The minimum absolute atomic E-state index is 0.681. The van der Waals surface area contributed by atoms with Gasteiger partial charge in [0.2, 0.25) is 0 Å². The van der Waals surface area contributed by atoms with Crippen LogP contribution in [0.4, 0.5) is 0 Å². The van der Waals surface area contributed by atoms with E-state index in [0.717, 1.165) is 94.0 Å². The quantitative estimate of drug-likeness (QED) is 0.145. The Morgan fingerprint density at radius 1 is 0.159 bits per heavy atom. The second kappa shape index (κ2) is 33.7. The summed E-state index contributed by atoms with van der Waals surface area (Å²) < 4.78 is 2.07. The number of imidazole rings is 1. The van der Waals surface area contributed by atoms with Crippen molar-refractivity contribution in [2.45, 2.75) is 0 Å². The molecule has 9 heteroatoms. The van der Waals surface area contributed by atoms with Gasteiger partial charge in [-0.1, -0.05) is 334 Å². The molecule has 29 aromatic rings. The molecule has 29 rings (SSSR count). The number of aromatic nitrogens is 9. The number of benzene rings is 22. The molecule has 0 amide bonds. The number of pyridine rings is 5. The molecule has 0 aliphatic heterocycles. The average Bonchev–Trinajstić information content (AvgIpc) is 0.792. The fourth-order valence-electron chi connectivity index (χ4n) is 20.7. The smallest absolute Gasteiger partial charge is 0.159 e. The zero-order chi connectivity index (χ0) is 91.3. The van der Waals surface area contributed by atoms with Crippen LogP contribution < -0.4 is 0 Å². The van der Waals surface area contributed by atoms with Gasteiger partial charge in [0.25, 0.3) is 0 Å². The molecule has 0 bridgehead atoms. The van der Waals surface area contributed by atoms with E-state index in [4.69, 9.17) is 15.0 Å². The molecule has 0 aliphatic rings. The van der Waals surface area contributed by atoms with Crippen LogP contribution in [-0.4, -0.2) is 44.4 Å². The molecule has 9 nitrogen and oxygen atoms in total. The normalized spacial score (nSPS) is 11.7. The van der Waals surface area contributed by atoms with E-state index in [9.17, 15) is 0 Å². The maximum Gasteiger partial charge on any atom is 0.159 e. The van der Waals surface area contributed by atoms with Gasteiger partial charge in [0.15, 0.2) is 5.82 Å². The fourth-order valence-corrected chi connectivity index (χ4v) is 20.7. The summed E-state index contributed by atoms with van der Waals surface area (Å²) >= 11 is 0. The first-order valence-electron chi connectivity index (χ1n) is 46.7. The molecule has 0 spiro atoms. The third-order valence-electron chi connectivity index (χ3n) is 27.7. The van der Waals surface area contributed by atoms with Gasteiger partial charge in [-0.05, 0) is 288 Å². The van der Waals surface area contributed by atoms with Crippen LogP contribution in [0.2, 0.25) is 0 Å². The predicted octanol–water partition coefficient (Wildman–Crippen LogP) is 33.7. The van der Waals surface area contributed by atoms with Crippen LogP contribution in [0, 0.1) is 0 Å². The Balaban J connectivity index is 0.0000000957. The first-order chi connectivity index (χ1) is 68.2. The van der Waals surface area contributed by atoms with Gasteiger partial charge in [0, 0.05) is 70.7 Å².